The number of hydrogen-bond donors (Lipinski definition) is 0. The van der Waals surface area contributed by atoms with E-state index >= 15 is 0 Å². The van der Waals surface area contributed by atoms with Crippen molar-refractivity contribution >= 4 is 11.6 Å². The molecule has 6 heteroatoms. The van der Waals surface area contributed by atoms with E-state index in [1.165, 1.54) is 11.3 Å². The Balaban J connectivity index is 2.37. The van der Waals surface area contributed by atoms with E-state index in [4.69, 9.17) is 11.6 Å². The van der Waals surface area contributed by atoms with Crippen LogP contribution in [0.15, 0.2) is 6.33 Å². The Morgan fingerprint density at radius 3 is 2.53 bits per heavy atom. The predicted molar refractivity (Wildman–Crippen MR) is 75.3 cm³/mol. The Bertz CT molecular complexity index is 543. The van der Waals surface area contributed by atoms with E-state index in [9.17, 15) is 0 Å². The molecule has 2 rings (SSSR count). The van der Waals surface area contributed by atoms with Crippen LogP contribution in [-0.2, 0) is 31.8 Å². The molecule has 0 fully saturated rings. The molecule has 2 aromatic rings. The van der Waals surface area contributed by atoms with Crippen LogP contribution in [0.1, 0.15) is 43.5 Å². The van der Waals surface area contributed by atoms with Crippen molar-refractivity contribution in [3.05, 3.63) is 29.1 Å². The van der Waals surface area contributed by atoms with Crippen molar-refractivity contribution in [3.63, 3.8) is 0 Å². The Labute approximate surface area is 118 Å². The molecule has 2 heterocycles. The van der Waals surface area contributed by atoms with E-state index < -0.39 is 0 Å². The molecule has 0 aliphatic rings. The molecule has 0 atom stereocenters. The van der Waals surface area contributed by atoms with Gasteiger partial charge in [0.25, 0.3) is 0 Å². The number of rotatable bonds is 6. The molecular formula is C13H20ClN5. The van der Waals surface area contributed by atoms with Crippen molar-refractivity contribution in [2.75, 3.05) is 0 Å². The first-order chi connectivity index (χ1) is 9.24. The molecule has 104 valence electrons. The highest BCUT2D eigenvalue weighted by Gasteiger charge is 2.16. The SMILES string of the molecule is CCc1nn(Cc2ncnn2CC)c(CC)c1CCl. The summed E-state index contributed by atoms with van der Waals surface area (Å²) in [5.41, 5.74) is 3.47. The minimum atomic E-state index is 0.521. The molecule has 0 aliphatic heterocycles. The zero-order valence-corrected chi connectivity index (χ0v) is 12.5. The van der Waals surface area contributed by atoms with Gasteiger partial charge >= 0.3 is 0 Å². The highest BCUT2D eigenvalue weighted by Crippen LogP contribution is 2.19. The van der Waals surface area contributed by atoms with Gasteiger partial charge in [-0.15, -0.1) is 11.6 Å². The van der Waals surface area contributed by atoms with Crippen molar-refractivity contribution in [2.45, 2.75) is 52.6 Å². The fraction of sp³-hybridized carbons (Fsp3) is 0.615. The van der Waals surface area contributed by atoms with Crippen LogP contribution in [0.3, 0.4) is 0 Å². The van der Waals surface area contributed by atoms with E-state index in [1.807, 2.05) is 9.36 Å². The van der Waals surface area contributed by atoms with Gasteiger partial charge in [-0.05, 0) is 19.8 Å². The van der Waals surface area contributed by atoms with Crippen molar-refractivity contribution in [2.24, 2.45) is 0 Å². The first-order valence-electron chi connectivity index (χ1n) is 6.75. The molecule has 0 saturated heterocycles. The van der Waals surface area contributed by atoms with Crippen LogP contribution in [0, 0.1) is 0 Å². The van der Waals surface area contributed by atoms with E-state index in [0.717, 1.165) is 30.9 Å². The monoisotopic (exact) mass is 281 g/mol. The average molecular weight is 282 g/mol. The van der Waals surface area contributed by atoms with Crippen LogP contribution in [0.5, 0.6) is 0 Å². The summed E-state index contributed by atoms with van der Waals surface area (Å²) in [7, 11) is 0. The summed E-state index contributed by atoms with van der Waals surface area (Å²) in [5.74, 6) is 1.45. The van der Waals surface area contributed by atoms with E-state index in [-0.39, 0.29) is 0 Å². The second kappa shape index (κ2) is 6.19. The summed E-state index contributed by atoms with van der Waals surface area (Å²) < 4.78 is 3.92. The molecule has 0 N–H and O–H groups in total. The first kappa shape index (κ1) is 14.1. The third-order valence-corrected chi connectivity index (χ3v) is 3.61. The summed E-state index contributed by atoms with van der Waals surface area (Å²) in [5, 5.41) is 8.87. The van der Waals surface area contributed by atoms with Gasteiger partial charge in [-0.25, -0.2) is 9.67 Å². The molecule has 0 aliphatic carbocycles. The standard InChI is InChI=1S/C13H20ClN5/c1-4-11-10(7-14)12(5-2)19(17-11)8-13-15-9-16-18(13)6-3/h9H,4-8H2,1-3H3. The lowest BCUT2D eigenvalue weighted by molar-refractivity contribution is 0.553. The molecule has 0 amide bonds. The van der Waals surface area contributed by atoms with Gasteiger partial charge in [0.2, 0.25) is 0 Å². The van der Waals surface area contributed by atoms with Crippen LogP contribution in [0.25, 0.3) is 0 Å². The molecule has 0 radical (unpaired) electrons. The highest BCUT2D eigenvalue weighted by molar-refractivity contribution is 6.17. The third-order valence-electron chi connectivity index (χ3n) is 3.34. The van der Waals surface area contributed by atoms with Crippen LogP contribution in [0.2, 0.25) is 0 Å². The zero-order chi connectivity index (χ0) is 13.8. The maximum atomic E-state index is 6.06. The minimum Gasteiger partial charge on any atom is -0.261 e. The topological polar surface area (TPSA) is 48.5 Å². The van der Waals surface area contributed by atoms with Crippen LogP contribution in [0.4, 0.5) is 0 Å². The lowest BCUT2D eigenvalue weighted by Gasteiger charge is -2.07. The molecule has 0 bridgehead atoms. The fourth-order valence-corrected chi connectivity index (χ4v) is 2.67. The number of aryl methyl sites for hydroxylation is 2. The molecule has 0 saturated carbocycles. The van der Waals surface area contributed by atoms with Gasteiger partial charge in [0.15, 0.2) is 0 Å². The van der Waals surface area contributed by atoms with Crippen molar-refractivity contribution in [1.82, 2.24) is 24.5 Å². The molecule has 5 nitrogen and oxygen atoms in total. The van der Waals surface area contributed by atoms with E-state index in [1.54, 1.807) is 6.33 Å². The number of hydrogen-bond acceptors (Lipinski definition) is 3. The quantitative estimate of drug-likeness (QED) is 0.764. The number of nitrogens with zero attached hydrogens (tertiary/aromatic N) is 5. The zero-order valence-electron chi connectivity index (χ0n) is 11.7. The Hall–Kier alpha value is -1.36. The summed E-state index contributed by atoms with van der Waals surface area (Å²) in [6.07, 6.45) is 3.43. The van der Waals surface area contributed by atoms with Crippen LogP contribution in [-0.4, -0.2) is 24.5 Å². The second-order valence-corrected chi connectivity index (χ2v) is 4.63. The Morgan fingerprint density at radius 1 is 1.16 bits per heavy atom. The van der Waals surface area contributed by atoms with Crippen molar-refractivity contribution < 1.29 is 0 Å². The molecule has 2 aromatic heterocycles. The molecular weight excluding hydrogens is 262 g/mol. The molecule has 0 unspecified atom stereocenters. The Kier molecular flexibility index (Phi) is 4.58. The van der Waals surface area contributed by atoms with E-state index in [2.05, 4.69) is 36.0 Å². The van der Waals surface area contributed by atoms with Gasteiger partial charge in [0, 0.05) is 17.8 Å². The summed E-state index contributed by atoms with van der Waals surface area (Å²) >= 11 is 6.06. The number of alkyl halides is 1. The van der Waals surface area contributed by atoms with Gasteiger partial charge in [0.05, 0.1) is 11.6 Å². The first-order valence-corrected chi connectivity index (χ1v) is 7.28. The Morgan fingerprint density at radius 2 is 1.95 bits per heavy atom. The smallest absolute Gasteiger partial charge is 0.148 e. The van der Waals surface area contributed by atoms with Gasteiger partial charge in [0.1, 0.15) is 18.7 Å². The molecule has 0 aromatic carbocycles. The summed E-state index contributed by atoms with van der Waals surface area (Å²) in [6, 6.07) is 0. The molecule has 19 heavy (non-hydrogen) atoms. The third kappa shape index (κ3) is 2.66. The number of halogens is 1. The lowest BCUT2D eigenvalue weighted by atomic mass is 10.1. The van der Waals surface area contributed by atoms with Crippen molar-refractivity contribution in [1.29, 1.82) is 0 Å². The minimum absolute atomic E-state index is 0.521. The lowest BCUT2D eigenvalue weighted by Crippen LogP contribution is -2.12. The summed E-state index contributed by atoms with van der Waals surface area (Å²) in [6.45, 7) is 7.77. The largest absolute Gasteiger partial charge is 0.261 e. The van der Waals surface area contributed by atoms with Gasteiger partial charge in [-0.3, -0.25) is 4.68 Å². The van der Waals surface area contributed by atoms with E-state index in [0.29, 0.717) is 12.4 Å². The van der Waals surface area contributed by atoms with Gasteiger partial charge in [-0.2, -0.15) is 10.2 Å². The van der Waals surface area contributed by atoms with Crippen molar-refractivity contribution in [3.8, 4) is 0 Å². The van der Waals surface area contributed by atoms with Crippen LogP contribution < -0.4 is 0 Å². The maximum Gasteiger partial charge on any atom is 0.148 e. The van der Waals surface area contributed by atoms with Gasteiger partial charge in [-0.1, -0.05) is 13.8 Å². The fourth-order valence-electron chi connectivity index (χ4n) is 2.36. The highest BCUT2D eigenvalue weighted by atomic mass is 35.5. The average Bonchev–Trinajstić information content (AvgIpc) is 3.02. The normalized spacial score (nSPS) is 11.2. The second-order valence-electron chi connectivity index (χ2n) is 4.36. The maximum absolute atomic E-state index is 6.06. The number of aromatic nitrogens is 5. The van der Waals surface area contributed by atoms with Gasteiger partial charge < -0.3 is 0 Å². The summed E-state index contributed by atoms with van der Waals surface area (Å²) in [4.78, 5) is 4.31. The molecule has 0 spiro atoms. The predicted octanol–water partition coefficient (Wildman–Crippen LogP) is 2.41. The van der Waals surface area contributed by atoms with Crippen LogP contribution >= 0.6 is 11.6 Å².